The Hall–Kier alpha value is -2.86. The Kier molecular flexibility index (Phi) is 5.81. The molecule has 0 fully saturated rings. The van der Waals surface area contributed by atoms with E-state index in [0.29, 0.717) is 22.2 Å². The van der Waals surface area contributed by atoms with Crippen molar-refractivity contribution in [3.63, 3.8) is 0 Å². The maximum absolute atomic E-state index is 13.3. The summed E-state index contributed by atoms with van der Waals surface area (Å²) in [5, 5.41) is 2.85. The molecule has 2 amide bonds. The summed E-state index contributed by atoms with van der Waals surface area (Å²) >= 11 is 1.56. The van der Waals surface area contributed by atoms with E-state index in [1.165, 1.54) is 10.4 Å². The van der Waals surface area contributed by atoms with Crippen LogP contribution < -0.4 is 5.32 Å². The highest BCUT2D eigenvalue weighted by molar-refractivity contribution is 7.14. The minimum Gasteiger partial charge on any atom is -0.467 e. The van der Waals surface area contributed by atoms with E-state index in [-0.39, 0.29) is 24.9 Å². The summed E-state index contributed by atoms with van der Waals surface area (Å²) in [6.07, 6.45) is 4.79. The van der Waals surface area contributed by atoms with Crippen LogP contribution in [0.25, 0.3) is 0 Å². The van der Waals surface area contributed by atoms with Gasteiger partial charge in [0.25, 0.3) is 5.91 Å². The molecule has 1 atom stereocenters. The highest BCUT2D eigenvalue weighted by Crippen LogP contribution is 2.33. The number of rotatable bonds is 6. The number of hydrogen-bond donors (Lipinski definition) is 1. The van der Waals surface area contributed by atoms with E-state index in [2.05, 4.69) is 12.2 Å². The topological polar surface area (TPSA) is 62.6 Å². The highest BCUT2D eigenvalue weighted by atomic mass is 32.1. The molecule has 1 N–H and O–H groups in total. The number of para-hydroxylation sites is 1. The molecule has 0 aliphatic heterocycles. The van der Waals surface area contributed by atoms with Crippen molar-refractivity contribution in [3.05, 3.63) is 75.9 Å². The van der Waals surface area contributed by atoms with E-state index in [1.54, 1.807) is 28.6 Å². The van der Waals surface area contributed by atoms with Crippen molar-refractivity contribution in [3.8, 4) is 0 Å². The summed E-state index contributed by atoms with van der Waals surface area (Å²) in [5.74, 6) is 0.944. The van der Waals surface area contributed by atoms with E-state index in [9.17, 15) is 9.59 Å². The van der Waals surface area contributed by atoms with Gasteiger partial charge in [-0.3, -0.25) is 9.59 Å². The summed E-state index contributed by atoms with van der Waals surface area (Å²) in [6, 6.07) is 14.9. The van der Waals surface area contributed by atoms with Gasteiger partial charge >= 0.3 is 0 Å². The van der Waals surface area contributed by atoms with Crippen LogP contribution in [-0.4, -0.2) is 23.3 Å². The molecule has 0 radical (unpaired) electrons. The monoisotopic (exact) mass is 408 g/mol. The van der Waals surface area contributed by atoms with Crippen LogP contribution in [-0.2, 0) is 24.2 Å². The number of furan rings is 1. The third-order valence-electron chi connectivity index (χ3n) is 5.15. The Bertz CT molecular complexity index is 979. The predicted octanol–water partition coefficient (Wildman–Crippen LogP) is 4.75. The lowest BCUT2D eigenvalue weighted by Gasteiger charge is -2.20. The van der Waals surface area contributed by atoms with Gasteiger partial charge in [-0.25, -0.2) is 0 Å². The maximum atomic E-state index is 13.3. The molecular formula is C23H24N2O3S. The number of nitrogens with one attached hydrogen (secondary N) is 1. The Morgan fingerprint density at radius 1 is 1.21 bits per heavy atom. The zero-order valence-electron chi connectivity index (χ0n) is 16.4. The molecule has 6 heteroatoms. The lowest BCUT2D eigenvalue weighted by Crippen LogP contribution is -2.37. The van der Waals surface area contributed by atoms with Crippen molar-refractivity contribution in [2.45, 2.75) is 32.7 Å². The summed E-state index contributed by atoms with van der Waals surface area (Å²) in [7, 11) is 0. The highest BCUT2D eigenvalue weighted by Gasteiger charge is 2.25. The van der Waals surface area contributed by atoms with Gasteiger partial charge in [-0.2, -0.15) is 0 Å². The molecule has 2 heterocycles. The normalized spacial score (nSPS) is 15.6. The van der Waals surface area contributed by atoms with Gasteiger partial charge in [0.05, 0.1) is 17.7 Å². The second-order valence-corrected chi connectivity index (χ2v) is 8.70. The molecule has 1 aliphatic carbocycles. The van der Waals surface area contributed by atoms with Crippen LogP contribution in [0, 0.1) is 5.92 Å². The Balaban J connectivity index is 1.52. The molecule has 0 saturated carbocycles. The molecule has 0 spiro atoms. The van der Waals surface area contributed by atoms with Crippen LogP contribution in [0.15, 0.2) is 59.2 Å². The molecule has 3 aromatic rings. The summed E-state index contributed by atoms with van der Waals surface area (Å²) in [4.78, 5) is 29.4. The van der Waals surface area contributed by atoms with Crippen molar-refractivity contribution < 1.29 is 14.0 Å². The fourth-order valence-electron chi connectivity index (χ4n) is 3.65. The van der Waals surface area contributed by atoms with Crippen LogP contribution in [0.2, 0.25) is 0 Å². The quantitative estimate of drug-likeness (QED) is 0.640. The first-order valence-electron chi connectivity index (χ1n) is 9.86. The predicted molar refractivity (Wildman–Crippen MR) is 114 cm³/mol. The number of carbonyl (C=O) groups is 2. The van der Waals surface area contributed by atoms with Crippen molar-refractivity contribution in [2.24, 2.45) is 5.92 Å². The van der Waals surface area contributed by atoms with Crippen molar-refractivity contribution in [1.29, 1.82) is 0 Å². The number of aryl methyl sites for hydroxylation is 1. The van der Waals surface area contributed by atoms with Gasteiger partial charge in [0.1, 0.15) is 12.3 Å². The van der Waals surface area contributed by atoms with Gasteiger partial charge in [0, 0.05) is 10.6 Å². The lowest BCUT2D eigenvalue weighted by molar-refractivity contribution is -0.117. The number of nitrogens with zero attached hydrogens (tertiary/aromatic N) is 1. The first-order chi connectivity index (χ1) is 14.1. The Labute approximate surface area is 174 Å². The Morgan fingerprint density at radius 2 is 2.03 bits per heavy atom. The number of hydrogen-bond acceptors (Lipinski definition) is 4. The van der Waals surface area contributed by atoms with Crippen molar-refractivity contribution in [1.82, 2.24) is 4.90 Å². The summed E-state index contributed by atoms with van der Waals surface area (Å²) in [5.41, 5.74) is 1.99. The molecule has 5 nitrogen and oxygen atoms in total. The second-order valence-electron chi connectivity index (χ2n) is 7.56. The summed E-state index contributed by atoms with van der Waals surface area (Å²) < 4.78 is 5.42. The first-order valence-corrected chi connectivity index (χ1v) is 10.7. The molecule has 0 bridgehead atoms. The van der Waals surface area contributed by atoms with Gasteiger partial charge in [0.2, 0.25) is 5.91 Å². The molecule has 1 aromatic carbocycles. The number of amides is 2. The third kappa shape index (κ3) is 4.77. The minimum absolute atomic E-state index is 0.0343. The smallest absolute Gasteiger partial charge is 0.264 e. The van der Waals surface area contributed by atoms with E-state index >= 15 is 0 Å². The average Bonchev–Trinajstić information content (AvgIpc) is 3.37. The largest absolute Gasteiger partial charge is 0.467 e. The Morgan fingerprint density at radius 3 is 2.79 bits per heavy atom. The third-order valence-corrected chi connectivity index (χ3v) is 6.37. The number of anilines is 1. The number of fused-ring (bicyclic) bond motifs is 1. The molecule has 0 saturated heterocycles. The SMILES string of the molecule is CC1CCc2sc(C(=O)N(CC(=O)Nc3ccccc3)Cc3ccco3)cc2C1. The first kappa shape index (κ1) is 19.5. The minimum atomic E-state index is -0.231. The van der Waals surface area contributed by atoms with Crippen LogP contribution in [0.4, 0.5) is 5.69 Å². The lowest BCUT2D eigenvalue weighted by atomic mass is 9.90. The fraction of sp³-hybridized carbons (Fsp3) is 0.304. The molecule has 2 aromatic heterocycles. The molecule has 1 unspecified atom stereocenters. The number of thiophene rings is 1. The molecular weight excluding hydrogens is 384 g/mol. The van der Waals surface area contributed by atoms with Crippen LogP contribution in [0.1, 0.15) is 39.2 Å². The number of benzene rings is 1. The van der Waals surface area contributed by atoms with E-state index in [4.69, 9.17) is 4.42 Å². The van der Waals surface area contributed by atoms with Crippen molar-refractivity contribution >= 4 is 28.8 Å². The molecule has 150 valence electrons. The van der Waals surface area contributed by atoms with E-state index in [1.807, 2.05) is 42.5 Å². The molecule has 29 heavy (non-hydrogen) atoms. The zero-order chi connectivity index (χ0) is 20.2. The van der Waals surface area contributed by atoms with Gasteiger partial charge < -0.3 is 14.6 Å². The van der Waals surface area contributed by atoms with Crippen LogP contribution >= 0.6 is 11.3 Å². The average molecular weight is 409 g/mol. The summed E-state index contributed by atoms with van der Waals surface area (Å²) in [6.45, 7) is 2.47. The maximum Gasteiger partial charge on any atom is 0.264 e. The van der Waals surface area contributed by atoms with Crippen LogP contribution in [0.3, 0.4) is 0 Å². The standard InChI is InChI=1S/C23H24N2O3S/c1-16-9-10-20-17(12-16)13-21(29-20)23(27)25(14-19-8-5-11-28-19)15-22(26)24-18-6-3-2-4-7-18/h2-8,11,13,16H,9-10,12,14-15H2,1H3,(H,24,26). The number of carbonyl (C=O) groups excluding carboxylic acids is 2. The second kappa shape index (κ2) is 8.66. The van der Waals surface area contributed by atoms with Gasteiger partial charge in [0.15, 0.2) is 0 Å². The van der Waals surface area contributed by atoms with Gasteiger partial charge in [-0.05, 0) is 61.1 Å². The van der Waals surface area contributed by atoms with Crippen LogP contribution in [0.5, 0.6) is 0 Å². The zero-order valence-corrected chi connectivity index (χ0v) is 17.2. The molecule has 4 rings (SSSR count). The fourth-order valence-corrected chi connectivity index (χ4v) is 4.83. The van der Waals surface area contributed by atoms with Gasteiger partial charge in [-0.15, -0.1) is 11.3 Å². The van der Waals surface area contributed by atoms with Crippen molar-refractivity contribution in [2.75, 3.05) is 11.9 Å². The molecule has 1 aliphatic rings. The van der Waals surface area contributed by atoms with E-state index in [0.717, 1.165) is 19.3 Å². The van der Waals surface area contributed by atoms with E-state index < -0.39 is 0 Å². The van der Waals surface area contributed by atoms with Gasteiger partial charge in [-0.1, -0.05) is 25.1 Å².